The summed E-state index contributed by atoms with van der Waals surface area (Å²) in [5.41, 5.74) is 1.07. The fourth-order valence-electron chi connectivity index (χ4n) is 2.38. The van der Waals surface area contributed by atoms with Gasteiger partial charge in [0.25, 0.3) is 0 Å². The summed E-state index contributed by atoms with van der Waals surface area (Å²) in [5, 5.41) is 13.5. The molecule has 5 nitrogen and oxygen atoms in total. The van der Waals surface area contributed by atoms with Crippen molar-refractivity contribution < 1.29 is 9.90 Å². The van der Waals surface area contributed by atoms with Gasteiger partial charge >= 0.3 is 5.97 Å². The maximum Gasteiger partial charge on any atom is 0.306 e. The van der Waals surface area contributed by atoms with Crippen LogP contribution in [0.25, 0.3) is 0 Å². The van der Waals surface area contributed by atoms with Gasteiger partial charge in [0, 0.05) is 31.9 Å². The molecule has 19 heavy (non-hydrogen) atoms. The predicted molar refractivity (Wildman–Crippen MR) is 72.8 cm³/mol. The zero-order valence-corrected chi connectivity index (χ0v) is 11.9. The normalized spacial score (nSPS) is 19.9. The van der Waals surface area contributed by atoms with E-state index in [2.05, 4.69) is 29.9 Å². The Kier molecular flexibility index (Phi) is 4.24. The van der Waals surface area contributed by atoms with E-state index < -0.39 is 5.97 Å². The Labute approximate surface area is 114 Å². The van der Waals surface area contributed by atoms with E-state index in [9.17, 15) is 4.79 Å². The number of aliphatic carboxylic acids is 1. The molecule has 1 aromatic heterocycles. The fourth-order valence-corrected chi connectivity index (χ4v) is 2.38. The van der Waals surface area contributed by atoms with Gasteiger partial charge in [-0.1, -0.05) is 13.8 Å². The van der Waals surface area contributed by atoms with Crippen molar-refractivity contribution in [1.29, 1.82) is 0 Å². The Balaban J connectivity index is 1.81. The average molecular weight is 265 g/mol. The van der Waals surface area contributed by atoms with Gasteiger partial charge in [-0.25, -0.2) is 0 Å². The molecule has 2 unspecified atom stereocenters. The van der Waals surface area contributed by atoms with E-state index in [1.807, 2.05) is 10.9 Å². The highest BCUT2D eigenvalue weighted by atomic mass is 16.4. The second-order valence-electron chi connectivity index (χ2n) is 5.63. The van der Waals surface area contributed by atoms with Crippen LogP contribution in [-0.2, 0) is 11.3 Å². The molecule has 0 spiro atoms. The lowest BCUT2D eigenvalue weighted by Gasteiger charge is -2.40. The van der Waals surface area contributed by atoms with Crippen molar-refractivity contribution >= 4 is 5.97 Å². The molecule has 1 aliphatic rings. The Bertz CT molecular complexity index is 438. The first-order chi connectivity index (χ1) is 9.01. The second kappa shape index (κ2) is 5.74. The minimum Gasteiger partial charge on any atom is -0.481 e. The molecule has 106 valence electrons. The average Bonchev–Trinajstić information content (AvgIpc) is 2.79. The van der Waals surface area contributed by atoms with E-state index in [1.54, 1.807) is 6.92 Å². The number of hydrogen-bond acceptors (Lipinski definition) is 3. The molecule has 0 aromatic carbocycles. The summed E-state index contributed by atoms with van der Waals surface area (Å²) < 4.78 is 2.01. The molecule has 1 aliphatic heterocycles. The van der Waals surface area contributed by atoms with Crippen molar-refractivity contribution in [2.45, 2.75) is 39.8 Å². The third-order valence-electron chi connectivity index (χ3n) is 4.17. The summed E-state index contributed by atoms with van der Waals surface area (Å²) >= 11 is 0. The van der Waals surface area contributed by atoms with E-state index in [0.717, 1.165) is 31.7 Å². The topological polar surface area (TPSA) is 58.4 Å². The first-order valence-corrected chi connectivity index (χ1v) is 7.00. The number of carboxylic acids is 1. The molecule has 1 aromatic rings. The SMILES string of the molecule is CCC(C)n1ccc(CN2CC(C(C)C(=O)O)C2)n1. The smallest absolute Gasteiger partial charge is 0.306 e. The molecular weight excluding hydrogens is 242 g/mol. The molecule has 0 radical (unpaired) electrons. The lowest BCUT2D eigenvalue weighted by molar-refractivity contribution is -0.145. The number of carbonyl (C=O) groups is 1. The summed E-state index contributed by atoms with van der Waals surface area (Å²) in [6.45, 7) is 8.66. The highest BCUT2D eigenvalue weighted by molar-refractivity contribution is 5.70. The van der Waals surface area contributed by atoms with Gasteiger partial charge in [0.05, 0.1) is 11.6 Å². The Hall–Kier alpha value is -1.36. The molecular formula is C14H23N3O2. The number of hydrogen-bond donors (Lipinski definition) is 1. The first kappa shape index (κ1) is 14.1. The Morgan fingerprint density at radius 2 is 2.21 bits per heavy atom. The monoisotopic (exact) mass is 265 g/mol. The molecule has 2 atom stereocenters. The van der Waals surface area contributed by atoms with Crippen LogP contribution in [0.2, 0.25) is 0 Å². The van der Waals surface area contributed by atoms with Crippen LogP contribution >= 0.6 is 0 Å². The van der Waals surface area contributed by atoms with Crippen molar-refractivity contribution in [2.75, 3.05) is 13.1 Å². The van der Waals surface area contributed by atoms with Crippen LogP contribution in [0, 0.1) is 11.8 Å². The van der Waals surface area contributed by atoms with Gasteiger partial charge in [-0.3, -0.25) is 14.4 Å². The highest BCUT2D eigenvalue weighted by Gasteiger charge is 2.34. The minimum atomic E-state index is -0.689. The highest BCUT2D eigenvalue weighted by Crippen LogP contribution is 2.25. The Morgan fingerprint density at radius 3 is 2.79 bits per heavy atom. The number of likely N-dealkylation sites (tertiary alicyclic amines) is 1. The molecule has 0 bridgehead atoms. The van der Waals surface area contributed by atoms with E-state index >= 15 is 0 Å². The molecule has 0 amide bonds. The Morgan fingerprint density at radius 1 is 1.53 bits per heavy atom. The molecule has 0 aliphatic carbocycles. The molecule has 0 saturated carbocycles. The van der Waals surface area contributed by atoms with Crippen LogP contribution in [0.5, 0.6) is 0 Å². The standard InChI is InChI=1S/C14H23N3O2/c1-4-10(2)17-6-5-13(15-17)9-16-7-12(8-16)11(3)14(18)19/h5-6,10-12H,4,7-9H2,1-3H3,(H,18,19). The van der Waals surface area contributed by atoms with Crippen LogP contribution in [-0.4, -0.2) is 38.8 Å². The summed E-state index contributed by atoms with van der Waals surface area (Å²) in [6.07, 6.45) is 3.10. The van der Waals surface area contributed by atoms with Crippen LogP contribution in [0.4, 0.5) is 0 Å². The van der Waals surface area contributed by atoms with Crippen LogP contribution in [0.15, 0.2) is 12.3 Å². The third kappa shape index (κ3) is 3.15. The number of nitrogens with zero attached hydrogens (tertiary/aromatic N) is 3. The summed E-state index contributed by atoms with van der Waals surface area (Å²) in [5.74, 6) is -0.645. The molecule has 1 fully saturated rings. The van der Waals surface area contributed by atoms with Gasteiger partial charge in [-0.2, -0.15) is 5.10 Å². The summed E-state index contributed by atoms with van der Waals surface area (Å²) in [7, 11) is 0. The van der Waals surface area contributed by atoms with Gasteiger partial charge in [-0.15, -0.1) is 0 Å². The van der Waals surface area contributed by atoms with E-state index in [0.29, 0.717) is 6.04 Å². The van der Waals surface area contributed by atoms with E-state index in [1.165, 1.54) is 0 Å². The number of carboxylic acid groups (broad SMARTS) is 1. The first-order valence-electron chi connectivity index (χ1n) is 7.00. The number of aromatic nitrogens is 2. The number of rotatable bonds is 6. The minimum absolute atomic E-state index is 0.242. The fraction of sp³-hybridized carbons (Fsp3) is 0.714. The van der Waals surface area contributed by atoms with Crippen LogP contribution < -0.4 is 0 Å². The predicted octanol–water partition coefficient (Wildman–Crippen LogP) is 2.01. The summed E-state index contributed by atoms with van der Waals surface area (Å²) in [4.78, 5) is 13.1. The van der Waals surface area contributed by atoms with Crippen molar-refractivity contribution in [2.24, 2.45) is 11.8 Å². The third-order valence-corrected chi connectivity index (χ3v) is 4.17. The lowest BCUT2D eigenvalue weighted by Crippen LogP contribution is -2.50. The maximum absolute atomic E-state index is 10.9. The second-order valence-corrected chi connectivity index (χ2v) is 5.63. The largest absolute Gasteiger partial charge is 0.481 e. The zero-order chi connectivity index (χ0) is 14.0. The van der Waals surface area contributed by atoms with Crippen LogP contribution in [0.3, 0.4) is 0 Å². The quantitative estimate of drug-likeness (QED) is 0.854. The van der Waals surface area contributed by atoms with Crippen molar-refractivity contribution in [1.82, 2.24) is 14.7 Å². The molecule has 5 heteroatoms. The maximum atomic E-state index is 10.9. The molecule has 1 N–H and O–H groups in total. The van der Waals surface area contributed by atoms with Crippen molar-refractivity contribution in [3.63, 3.8) is 0 Å². The van der Waals surface area contributed by atoms with Gasteiger partial charge in [0.1, 0.15) is 0 Å². The molecule has 2 heterocycles. The molecule has 1 saturated heterocycles. The molecule has 2 rings (SSSR count). The van der Waals surface area contributed by atoms with Crippen molar-refractivity contribution in [3.8, 4) is 0 Å². The van der Waals surface area contributed by atoms with E-state index in [-0.39, 0.29) is 11.8 Å². The van der Waals surface area contributed by atoms with Gasteiger partial charge < -0.3 is 5.11 Å². The van der Waals surface area contributed by atoms with E-state index in [4.69, 9.17) is 5.11 Å². The van der Waals surface area contributed by atoms with Gasteiger partial charge in [-0.05, 0) is 25.3 Å². The van der Waals surface area contributed by atoms with Gasteiger partial charge in [0.2, 0.25) is 0 Å². The van der Waals surface area contributed by atoms with Crippen molar-refractivity contribution in [3.05, 3.63) is 18.0 Å². The summed E-state index contributed by atoms with van der Waals surface area (Å²) in [6, 6.07) is 2.49. The van der Waals surface area contributed by atoms with Gasteiger partial charge in [0.15, 0.2) is 0 Å². The van der Waals surface area contributed by atoms with Crippen LogP contribution in [0.1, 0.15) is 38.9 Å². The lowest BCUT2D eigenvalue weighted by atomic mass is 9.87. The zero-order valence-electron chi connectivity index (χ0n) is 11.9.